The number of rotatable bonds is 38. The van der Waals surface area contributed by atoms with E-state index >= 15 is 0 Å². The number of likely N-dealkylation sites (N-methyl/N-ethyl adjacent to an activating group) is 1. The Balaban J connectivity index is 4.31. The summed E-state index contributed by atoms with van der Waals surface area (Å²) in [6, 6.07) is -0.900. The molecule has 0 spiro atoms. The predicted molar refractivity (Wildman–Crippen MR) is 224 cm³/mol. The van der Waals surface area contributed by atoms with Crippen LogP contribution >= 0.6 is 7.82 Å². The maximum Gasteiger partial charge on any atom is 0.268 e. The van der Waals surface area contributed by atoms with E-state index in [9.17, 15) is 19.4 Å². The van der Waals surface area contributed by atoms with Crippen LogP contribution in [-0.2, 0) is 18.4 Å². The van der Waals surface area contributed by atoms with Crippen LogP contribution in [0.4, 0.5) is 0 Å². The van der Waals surface area contributed by atoms with Crippen molar-refractivity contribution >= 4 is 13.7 Å². The topological polar surface area (TPSA) is 108 Å². The number of carbonyl (C=O) groups excluding carboxylic acids is 1. The standard InChI is InChI=1S/C44H83N2O6P/c1-6-8-10-12-14-16-18-19-20-21-22-23-24-25-26-27-28-30-32-34-36-38-44(48)45-42(41-52-53(49,50)51-40-39-46(3,4)5)43(47)37-35-33-31-29-17-15-13-11-9-7-2/h8,10,14,16-17,29,35,37,42-43,47H,6-7,9,11-13,15,18-28,30-34,36,38-41H2,1-5H3,(H-,45,48,49,50)/b10-8-,16-14-,29-17+,37-35+. The van der Waals surface area contributed by atoms with Crippen molar-refractivity contribution in [3.8, 4) is 0 Å². The van der Waals surface area contributed by atoms with Crippen LogP contribution in [0.3, 0.4) is 0 Å². The summed E-state index contributed by atoms with van der Waals surface area (Å²) < 4.78 is 23.1. The molecule has 3 atom stereocenters. The van der Waals surface area contributed by atoms with Gasteiger partial charge in [0, 0.05) is 6.42 Å². The molecule has 3 unspecified atom stereocenters. The maximum absolute atomic E-state index is 12.8. The molecule has 0 heterocycles. The molecule has 0 fully saturated rings. The van der Waals surface area contributed by atoms with Gasteiger partial charge < -0.3 is 28.8 Å². The normalized spacial score (nSPS) is 14.9. The fourth-order valence-corrected chi connectivity index (χ4v) is 6.57. The quantitative estimate of drug-likeness (QED) is 0.0280. The number of phosphoric acid groups is 1. The second-order valence-electron chi connectivity index (χ2n) is 15.7. The monoisotopic (exact) mass is 767 g/mol. The summed E-state index contributed by atoms with van der Waals surface area (Å²) in [6.45, 7) is 4.47. The highest BCUT2D eigenvalue weighted by Gasteiger charge is 2.23. The number of nitrogens with zero attached hydrogens (tertiary/aromatic N) is 1. The highest BCUT2D eigenvalue weighted by molar-refractivity contribution is 7.45. The minimum atomic E-state index is -4.59. The van der Waals surface area contributed by atoms with Crippen molar-refractivity contribution in [3.63, 3.8) is 0 Å². The van der Waals surface area contributed by atoms with E-state index in [4.69, 9.17) is 9.05 Å². The molecule has 0 saturated carbocycles. The van der Waals surface area contributed by atoms with Crippen molar-refractivity contribution in [1.82, 2.24) is 5.32 Å². The van der Waals surface area contributed by atoms with Crippen molar-refractivity contribution in [2.45, 2.75) is 187 Å². The molecule has 0 aliphatic carbocycles. The van der Waals surface area contributed by atoms with Gasteiger partial charge in [-0.15, -0.1) is 0 Å². The first-order chi connectivity index (χ1) is 25.5. The number of aliphatic hydroxyl groups excluding tert-OH is 1. The van der Waals surface area contributed by atoms with Crippen molar-refractivity contribution in [2.75, 3.05) is 40.9 Å². The Hall–Kier alpha value is -1.54. The Morgan fingerprint density at radius 1 is 0.679 bits per heavy atom. The molecule has 0 rings (SSSR count). The van der Waals surface area contributed by atoms with E-state index in [-0.39, 0.29) is 12.5 Å². The van der Waals surface area contributed by atoms with Gasteiger partial charge in [0.25, 0.3) is 7.82 Å². The molecule has 8 nitrogen and oxygen atoms in total. The van der Waals surface area contributed by atoms with Gasteiger partial charge in [-0.1, -0.05) is 159 Å². The SMILES string of the molecule is CC/C=C\C/C=C\CCCCCCCCCCCCCCCCC(=O)NC(COP(=O)([O-])OCC[N+](C)(C)C)C(O)/C=C/CC/C=C/CCCCCC. The summed E-state index contributed by atoms with van der Waals surface area (Å²) in [5.74, 6) is -0.212. The number of quaternary nitrogens is 1. The molecule has 0 radical (unpaired) electrons. The van der Waals surface area contributed by atoms with Gasteiger partial charge in [0.1, 0.15) is 13.2 Å². The van der Waals surface area contributed by atoms with Crippen LogP contribution in [0, 0.1) is 0 Å². The smallest absolute Gasteiger partial charge is 0.268 e. The molecule has 53 heavy (non-hydrogen) atoms. The second kappa shape index (κ2) is 36.1. The molecule has 0 aromatic heterocycles. The van der Waals surface area contributed by atoms with Crippen LogP contribution in [-0.4, -0.2) is 68.5 Å². The zero-order valence-electron chi connectivity index (χ0n) is 35.0. The number of hydrogen-bond donors (Lipinski definition) is 2. The van der Waals surface area contributed by atoms with Gasteiger partial charge in [0.15, 0.2) is 0 Å². The van der Waals surface area contributed by atoms with Crippen LogP contribution in [0.5, 0.6) is 0 Å². The number of phosphoric ester groups is 1. The molecule has 310 valence electrons. The zero-order chi connectivity index (χ0) is 39.3. The van der Waals surface area contributed by atoms with Gasteiger partial charge in [0.05, 0.1) is 39.9 Å². The molecule has 0 saturated heterocycles. The van der Waals surface area contributed by atoms with Gasteiger partial charge >= 0.3 is 0 Å². The van der Waals surface area contributed by atoms with E-state index in [1.54, 1.807) is 6.08 Å². The minimum absolute atomic E-state index is 0.00738. The zero-order valence-corrected chi connectivity index (χ0v) is 35.8. The highest BCUT2D eigenvalue weighted by Crippen LogP contribution is 2.38. The number of carbonyl (C=O) groups is 1. The van der Waals surface area contributed by atoms with E-state index in [2.05, 4.69) is 55.6 Å². The third-order valence-electron chi connectivity index (χ3n) is 9.27. The minimum Gasteiger partial charge on any atom is -0.756 e. The van der Waals surface area contributed by atoms with Crippen molar-refractivity contribution in [2.24, 2.45) is 0 Å². The number of allylic oxidation sites excluding steroid dienone is 7. The summed E-state index contributed by atoms with van der Waals surface area (Å²) in [5, 5.41) is 13.7. The molecular formula is C44H83N2O6P. The van der Waals surface area contributed by atoms with E-state index in [0.717, 1.165) is 51.4 Å². The number of nitrogens with one attached hydrogen (secondary N) is 1. The molecule has 0 aromatic rings. The molecular weight excluding hydrogens is 683 g/mol. The Morgan fingerprint density at radius 3 is 1.74 bits per heavy atom. The average Bonchev–Trinajstić information content (AvgIpc) is 3.10. The number of aliphatic hydroxyl groups is 1. The summed E-state index contributed by atoms with van der Waals surface area (Å²) >= 11 is 0. The average molecular weight is 767 g/mol. The van der Waals surface area contributed by atoms with Crippen LogP contribution in [0.1, 0.15) is 174 Å². The summed E-state index contributed by atoms with van der Waals surface area (Å²) in [6.07, 6.45) is 44.5. The number of amides is 1. The van der Waals surface area contributed by atoms with Crippen molar-refractivity contribution < 1.29 is 32.9 Å². The van der Waals surface area contributed by atoms with Crippen LogP contribution in [0.25, 0.3) is 0 Å². The van der Waals surface area contributed by atoms with Crippen LogP contribution in [0.2, 0.25) is 0 Å². The fraction of sp³-hybridized carbons (Fsp3) is 0.795. The second-order valence-corrected chi connectivity index (χ2v) is 17.1. The van der Waals surface area contributed by atoms with Crippen LogP contribution in [0.15, 0.2) is 48.6 Å². The van der Waals surface area contributed by atoms with Gasteiger partial charge in [-0.2, -0.15) is 0 Å². The summed E-state index contributed by atoms with van der Waals surface area (Å²) in [5.41, 5.74) is 0. The van der Waals surface area contributed by atoms with Gasteiger partial charge in [-0.25, -0.2) is 0 Å². The van der Waals surface area contributed by atoms with E-state index in [1.807, 2.05) is 27.2 Å². The highest BCUT2D eigenvalue weighted by atomic mass is 31.2. The Bertz CT molecular complexity index is 1010. The van der Waals surface area contributed by atoms with Crippen molar-refractivity contribution in [3.05, 3.63) is 48.6 Å². The fourth-order valence-electron chi connectivity index (χ4n) is 5.85. The third kappa shape index (κ3) is 38.5. The largest absolute Gasteiger partial charge is 0.756 e. The number of hydrogen-bond acceptors (Lipinski definition) is 6. The Kier molecular flexibility index (Phi) is 35.1. The lowest BCUT2D eigenvalue weighted by atomic mass is 10.0. The third-order valence-corrected chi connectivity index (χ3v) is 10.2. The van der Waals surface area contributed by atoms with E-state index < -0.39 is 26.6 Å². The maximum atomic E-state index is 12.8. The van der Waals surface area contributed by atoms with Crippen molar-refractivity contribution in [1.29, 1.82) is 0 Å². The summed E-state index contributed by atoms with van der Waals surface area (Å²) in [7, 11) is 1.24. The molecule has 0 aliphatic rings. The first-order valence-corrected chi connectivity index (χ1v) is 23.0. The lowest BCUT2D eigenvalue weighted by Gasteiger charge is -2.29. The predicted octanol–water partition coefficient (Wildman–Crippen LogP) is 11.1. The molecule has 1 amide bonds. The van der Waals surface area contributed by atoms with Gasteiger partial charge in [-0.05, 0) is 57.8 Å². The summed E-state index contributed by atoms with van der Waals surface area (Å²) in [4.78, 5) is 25.2. The Morgan fingerprint density at radius 2 is 1.17 bits per heavy atom. The van der Waals surface area contributed by atoms with Gasteiger partial charge in [-0.3, -0.25) is 9.36 Å². The molecule has 0 aliphatic heterocycles. The van der Waals surface area contributed by atoms with E-state index in [1.165, 1.54) is 103 Å². The van der Waals surface area contributed by atoms with Gasteiger partial charge in [0.2, 0.25) is 5.91 Å². The number of unbranched alkanes of at least 4 members (excludes halogenated alkanes) is 19. The van der Waals surface area contributed by atoms with E-state index in [0.29, 0.717) is 17.4 Å². The lowest BCUT2D eigenvalue weighted by Crippen LogP contribution is -2.45. The molecule has 0 bridgehead atoms. The van der Waals surface area contributed by atoms with Crippen LogP contribution < -0.4 is 10.2 Å². The molecule has 0 aromatic carbocycles. The molecule has 9 heteroatoms. The lowest BCUT2D eigenvalue weighted by molar-refractivity contribution is -0.870. The molecule has 2 N–H and O–H groups in total. The first kappa shape index (κ1) is 51.5. The Labute approximate surface area is 327 Å². The first-order valence-electron chi connectivity index (χ1n) is 21.5.